The van der Waals surface area contributed by atoms with Gasteiger partial charge < -0.3 is 9.47 Å². The number of ether oxygens (including phenoxy) is 2. The summed E-state index contributed by atoms with van der Waals surface area (Å²) < 4.78 is 11.7. The Bertz CT molecular complexity index is 1420. The lowest BCUT2D eigenvalue weighted by molar-refractivity contribution is -0.385. The van der Waals surface area contributed by atoms with E-state index in [2.05, 4.69) is 10.1 Å². The molecule has 1 aliphatic heterocycles. The van der Waals surface area contributed by atoms with E-state index in [0.717, 1.165) is 22.5 Å². The van der Waals surface area contributed by atoms with E-state index in [0.29, 0.717) is 17.2 Å². The molecule has 1 aliphatic rings. The smallest absolute Gasteiger partial charge is 0.287 e. The zero-order valence-electron chi connectivity index (χ0n) is 18.0. The quantitative estimate of drug-likeness (QED) is 0.304. The molecule has 0 N–H and O–H groups in total. The summed E-state index contributed by atoms with van der Waals surface area (Å²) in [5.74, 6) is 0.813. The Balaban J connectivity index is 1.35. The van der Waals surface area contributed by atoms with Gasteiger partial charge in [0, 0.05) is 30.2 Å². The summed E-state index contributed by atoms with van der Waals surface area (Å²) in [6, 6.07) is 23.5. The highest BCUT2D eigenvalue weighted by Gasteiger charge is 2.33. The topological polar surface area (TPSA) is 107 Å². The van der Waals surface area contributed by atoms with E-state index in [-0.39, 0.29) is 17.5 Å². The summed E-state index contributed by atoms with van der Waals surface area (Å²) in [4.78, 5) is 26.4. The molecule has 0 bridgehead atoms. The average Bonchev–Trinajstić information content (AvgIpc) is 3.30. The molecule has 34 heavy (non-hydrogen) atoms. The number of hydrogen-bond acceptors (Lipinski definition) is 7. The number of benzene rings is 3. The molecule has 9 nitrogen and oxygen atoms in total. The summed E-state index contributed by atoms with van der Waals surface area (Å²) in [5.41, 5.74) is 1.36. The van der Waals surface area contributed by atoms with Crippen LogP contribution in [0.1, 0.15) is 24.3 Å². The summed E-state index contributed by atoms with van der Waals surface area (Å²) >= 11 is 0. The van der Waals surface area contributed by atoms with Crippen molar-refractivity contribution >= 4 is 28.3 Å². The lowest BCUT2D eigenvalue weighted by atomic mass is 10.1. The second-order valence-corrected chi connectivity index (χ2v) is 7.58. The number of nitrogens with zero attached hydrogens (tertiary/aromatic N) is 4. The summed E-state index contributed by atoms with van der Waals surface area (Å²) in [5, 5.41) is 18.6. The SMILES string of the molecule is CC(=O)N1N=C(c2ccc3ccccc3c2)OC1c1ccc(Oc2ccc([N+](=O)[O-])cn2)cc1. The number of fused-ring (bicyclic) bond motifs is 1. The molecular formula is C25H18N4O5. The minimum Gasteiger partial charge on any atom is -0.446 e. The van der Waals surface area contributed by atoms with Crippen molar-refractivity contribution in [3.63, 3.8) is 0 Å². The molecule has 0 saturated heterocycles. The van der Waals surface area contributed by atoms with Crippen LogP contribution in [-0.2, 0) is 9.53 Å². The first kappa shape index (κ1) is 21.1. The Kier molecular flexibility index (Phi) is 5.35. The first-order valence-electron chi connectivity index (χ1n) is 10.4. The molecule has 1 unspecified atom stereocenters. The van der Waals surface area contributed by atoms with Crippen molar-refractivity contribution in [3.8, 4) is 11.6 Å². The molecule has 5 rings (SSSR count). The number of amides is 1. The van der Waals surface area contributed by atoms with Crippen LogP contribution in [0.15, 0.2) is 90.2 Å². The van der Waals surface area contributed by atoms with Crippen molar-refractivity contribution in [2.45, 2.75) is 13.2 Å². The summed E-state index contributed by atoms with van der Waals surface area (Å²) in [6.45, 7) is 1.43. The van der Waals surface area contributed by atoms with E-state index in [1.165, 1.54) is 24.1 Å². The van der Waals surface area contributed by atoms with Gasteiger partial charge in [0.05, 0.1) is 4.92 Å². The molecular weight excluding hydrogens is 436 g/mol. The molecule has 1 amide bonds. The highest BCUT2D eigenvalue weighted by molar-refractivity contribution is 6.00. The Morgan fingerprint density at radius 2 is 1.79 bits per heavy atom. The maximum atomic E-state index is 12.3. The fraction of sp³-hybridized carbons (Fsp3) is 0.0800. The monoisotopic (exact) mass is 454 g/mol. The Morgan fingerprint density at radius 1 is 1.03 bits per heavy atom. The fourth-order valence-corrected chi connectivity index (χ4v) is 3.58. The van der Waals surface area contributed by atoms with Crippen LogP contribution in [0.3, 0.4) is 0 Å². The van der Waals surface area contributed by atoms with Gasteiger partial charge >= 0.3 is 0 Å². The first-order chi connectivity index (χ1) is 16.5. The van der Waals surface area contributed by atoms with Crippen LogP contribution >= 0.6 is 0 Å². The van der Waals surface area contributed by atoms with Crippen LogP contribution < -0.4 is 4.74 Å². The standard InChI is InChI=1S/C25H18N4O5/c1-16(30)28-25(34-24(27-28)20-7-6-17-4-2-3-5-19(17)14-20)18-8-11-22(12-9-18)33-23-13-10-21(15-26-23)29(31)32/h2-15,25H,1H3. The lowest BCUT2D eigenvalue weighted by Crippen LogP contribution is -2.25. The van der Waals surface area contributed by atoms with Gasteiger partial charge in [0.1, 0.15) is 11.9 Å². The maximum absolute atomic E-state index is 12.3. The Hall–Kier alpha value is -4.79. The van der Waals surface area contributed by atoms with Crippen molar-refractivity contribution in [2.75, 3.05) is 0 Å². The maximum Gasteiger partial charge on any atom is 0.287 e. The number of carbonyl (C=O) groups excluding carboxylic acids is 1. The second-order valence-electron chi connectivity index (χ2n) is 7.58. The number of hydrazone groups is 1. The molecule has 3 aromatic carbocycles. The van der Waals surface area contributed by atoms with E-state index in [1.807, 2.05) is 42.5 Å². The predicted molar refractivity (Wildman–Crippen MR) is 124 cm³/mol. The summed E-state index contributed by atoms with van der Waals surface area (Å²) in [7, 11) is 0. The zero-order valence-corrected chi connectivity index (χ0v) is 18.0. The zero-order chi connectivity index (χ0) is 23.7. The van der Waals surface area contributed by atoms with E-state index in [4.69, 9.17) is 9.47 Å². The third kappa shape index (κ3) is 4.14. The molecule has 1 aromatic heterocycles. The molecule has 0 saturated carbocycles. The molecule has 1 atom stereocenters. The number of hydrogen-bond donors (Lipinski definition) is 0. The molecule has 0 aliphatic carbocycles. The van der Waals surface area contributed by atoms with Crippen molar-refractivity contribution in [3.05, 3.63) is 106 Å². The molecule has 0 radical (unpaired) electrons. The van der Waals surface area contributed by atoms with Crippen molar-refractivity contribution in [2.24, 2.45) is 5.10 Å². The van der Waals surface area contributed by atoms with E-state index in [9.17, 15) is 14.9 Å². The van der Waals surface area contributed by atoms with E-state index < -0.39 is 11.2 Å². The van der Waals surface area contributed by atoms with Crippen molar-refractivity contribution in [1.82, 2.24) is 9.99 Å². The summed E-state index contributed by atoms with van der Waals surface area (Å²) in [6.07, 6.45) is 0.414. The van der Waals surface area contributed by atoms with E-state index in [1.54, 1.807) is 24.3 Å². The van der Waals surface area contributed by atoms with Crippen LogP contribution in [0.2, 0.25) is 0 Å². The largest absolute Gasteiger partial charge is 0.446 e. The van der Waals surface area contributed by atoms with Crippen LogP contribution in [0.4, 0.5) is 5.69 Å². The molecule has 0 fully saturated rings. The molecule has 168 valence electrons. The number of carbonyl (C=O) groups is 1. The number of pyridine rings is 1. The third-order valence-electron chi connectivity index (χ3n) is 5.28. The van der Waals surface area contributed by atoms with Crippen LogP contribution in [0.25, 0.3) is 10.8 Å². The third-order valence-corrected chi connectivity index (χ3v) is 5.28. The van der Waals surface area contributed by atoms with Gasteiger partial charge in [0.15, 0.2) is 0 Å². The normalized spacial score (nSPS) is 15.0. The van der Waals surface area contributed by atoms with Gasteiger partial charge in [-0.15, -0.1) is 5.10 Å². The van der Waals surface area contributed by atoms with Crippen molar-refractivity contribution < 1.29 is 19.2 Å². The lowest BCUT2D eigenvalue weighted by Gasteiger charge is -2.19. The number of aromatic nitrogens is 1. The van der Waals surface area contributed by atoms with Crippen LogP contribution in [0.5, 0.6) is 11.6 Å². The van der Waals surface area contributed by atoms with Gasteiger partial charge in [-0.1, -0.05) is 30.3 Å². The molecule has 9 heteroatoms. The number of nitro groups is 1. The Labute approximate surface area is 194 Å². The van der Waals surface area contributed by atoms with Gasteiger partial charge in [0.25, 0.3) is 5.69 Å². The van der Waals surface area contributed by atoms with E-state index >= 15 is 0 Å². The Morgan fingerprint density at radius 3 is 2.47 bits per heavy atom. The van der Waals surface area contributed by atoms with Gasteiger partial charge in [-0.05, 0) is 47.2 Å². The van der Waals surface area contributed by atoms with Crippen LogP contribution in [-0.4, -0.2) is 26.7 Å². The first-order valence-corrected chi connectivity index (χ1v) is 10.4. The minimum absolute atomic E-state index is 0.118. The van der Waals surface area contributed by atoms with Gasteiger partial charge in [-0.25, -0.2) is 4.98 Å². The van der Waals surface area contributed by atoms with Crippen LogP contribution in [0, 0.1) is 10.1 Å². The fourth-order valence-electron chi connectivity index (χ4n) is 3.58. The van der Waals surface area contributed by atoms with Crippen molar-refractivity contribution in [1.29, 1.82) is 0 Å². The molecule has 0 spiro atoms. The second kappa shape index (κ2) is 8.62. The average molecular weight is 454 g/mol. The highest BCUT2D eigenvalue weighted by Crippen LogP contribution is 2.32. The highest BCUT2D eigenvalue weighted by atomic mass is 16.6. The van der Waals surface area contributed by atoms with Gasteiger partial charge in [0.2, 0.25) is 23.9 Å². The number of rotatable bonds is 5. The predicted octanol–water partition coefficient (Wildman–Crippen LogP) is 5.17. The van der Waals surface area contributed by atoms with Gasteiger partial charge in [-0.3, -0.25) is 14.9 Å². The molecule has 2 heterocycles. The minimum atomic E-state index is -0.717. The molecule has 4 aromatic rings. The van der Waals surface area contributed by atoms with Gasteiger partial charge in [-0.2, -0.15) is 5.01 Å².